The van der Waals surface area contributed by atoms with Crippen LogP contribution in [0.15, 0.2) is 0 Å². The lowest BCUT2D eigenvalue weighted by atomic mass is 10.2. The first-order valence-corrected chi connectivity index (χ1v) is 6.79. The summed E-state index contributed by atoms with van der Waals surface area (Å²) in [6.45, 7) is 3.68. The lowest BCUT2D eigenvalue weighted by molar-refractivity contribution is 0.392. The molecule has 5 nitrogen and oxygen atoms in total. The highest BCUT2D eigenvalue weighted by molar-refractivity contribution is 7.87. The molecule has 0 spiro atoms. The van der Waals surface area contributed by atoms with Crippen LogP contribution in [0, 0.1) is 0 Å². The molecule has 0 heterocycles. The van der Waals surface area contributed by atoms with Gasteiger partial charge in [-0.3, -0.25) is 0 Å². The van der Waals surface area contributed by atoms with E-state index in [1.54, 1.807) is 7.05 Å². The monoisotopic (exact) mass is 235 g/mol. The van der Waals surface area contributed by atoms with Crippen molar-refractivity contribution in [3.63, 3.8) is 0 Å². The van der Waals surface area contributed by atoms with E-state index in [1.165, 1.54) is 4.31 Å². The third-order valence-electron chi connectivity index (χ3n) is 2.98. The minimum atomic E-state index is -3.37. The van der Waals surface area contributed by atoms with Crippen molar-refractivity contribution in [3.05, 3.63) is 0 Å². The Hall–Kier alpha value is -0.170. The van der Waals surface area contributed by atoms with Crippen LogP contribution in [0.5, 0.6) is 0 Å². The normalized spacial score (nSPS) is 27.9. The molecule has 1 aliphatic rings. The van der Waals surface area contributed by atoms with Crippen molar-refractivity contribution in [2.45, 2.75) is 51.2 Å². The van der Waals surface area contributed by atoms with Gasteiger partial charge in [-0.05, 0) is 26.7 Å². The summed E-state index contributed by atoms with van der Waals surface area (Å²) in [5.41, 5.74) is 5.82. The number of nitrogens with zero attached hydrogens (tertiary/aromatic N) is 1. The lowest BCUT2D eigenvalue weighted by Gasteiger charge is -2.25. The SMILES string of the molecule is CC(C)N(C)S(=O)(=O)NC1CCCC1N. The second-order valence-corrected chi connectivity index (χ2v) is 6.20. The zero-order valence-corrected chi connectivity index (χ0v) is 10.4. The second-order valence-electron chi connectivity index (χ2n) is 4.43. The van der Waals surface area contributed by atoms with E-state index in [0.717, 1.165) is 19.3 Å². The molecule has 0 aromatic heterocycles. The molecule has 0 radical (unpaired) electrons. The third-order valence-corrected chi connectivity index (χ3v) is 4.76. The summed E-state index contributed by atoms with van der Waals surface area (Å²) in [5.74, 6) is 0. The van der Waals surface area contributed by atoms with Crippen molar-refractivity contribution in [3.8, 4) is 0 Å². The summed E-state index contributed by atoms with van der Waals surface area (Å²) in [6, 6.07) is -0.184. The summed E-state index contributed by atoms with van der Waals surface area (Å²) in [4.78, 5) is 0. The zero-order valence-electron chi connectivity index (χ0n) is 9.60. The quantitative estimate of drug-likeness (QED) is 0.722. The first kappa shape index (κ1) is 12.9. The van der Waals surface area contributed by atoms with Crippen LogP contribution in [0.25, 0.3) is 0 Å². The minimum Gasteiger partial charge on any atom is -0.326 e. The molecule has 0 saturated heterocycles. The number of rotatable bonds is 4. The van der Waals surface area contributed by atoms with Crippen molar-refractivity contribution in [2.24, 2.45) is 5.73 Å². The largest absolute Gasteiger partial charge is 0.326 e. The number of nitrogens with two attached hydrogens (primary N) is 1. The van der Waals surface area contributed by atoms with Crippen molar-refractivity contribution >= 4 is 10.2 Å². The standard InChI is InChI=1S/C9H21N3O2S/c1-7(2)12(3)15(13,14)11-9-6-4-5-8(9)10/h7-9,11H,4-6,10H2,1-3H3. The van der Waals surface area contributed by atoms with Gasteiger partial charge in [-0.15, -0.1) is 0 Å². The van der Waals surface area contributed by atoms with Crippen LogP contribution in [0.3, 0.4) is 0 Å². The van der Waals surface area contributed by atoms with Gasteiger partial charge in [-0.25, -0.2) is 0 Å². The minimum absolute atomic E-state index is 0.0414. The zero-order chi connectivity index (χ0) is 11.6. The Labute approximate surface area is 92.2 Å². The highest BCUT2D eigenvalue weighted by Crippen LogP contribution is 2.18. The molecule has 0 bridgehead atoms. The second kappa shape index (κ2) is 4.78. The average Bonchev–Trinajstić information content (AvgIpc) is 2.50. The molecule has 15 heavy (non-hydrogen) atoms. The molecule has 1 saturated carbocycles. The van der Waals surface area contributed by atoms with Crippen molar-refractivity contribution in [1.82, 2.24) is 9.03 Å². The van der Waals surface area contributed by atoms with E-state index < -0.39 is 10.2 Å². The summed E-state index contributed by atoms with van der Waals surface area (Å²) in [5, 5.41) is 0. The van der Waals surface area contributed by atoms with E-state index in [1.807, 2.05) is 13.8 Å². The van der Waals surface area contributed by atoms with Gasteiger partial charge < -0.3 is 5.73 Å². The topological polar surface area (TPSA) is 75.4 Å². The first-order chi connectivity index (χ1) is 6.84. The van der Waals surface area contributed by atoms with Crippen LogP contribution >= 0.6 is 0 Å². The van der Waals surface area contributed by atoms with Gasteiger partial charge in [0.05, 0.1) is 0 Å². The first-order valence-electron chi connectivity index (χ1n) is 5.35. The van der Waals surface area contributed by atoms with Gasteiger partial charge in [0.25, 0.3) is 10.2 Å². The van der Waals surface area contributed by atoms with Gasteiger partial charge in [-0.1, -0.05) is 6.42 Å². The van der Waals surface area contributed by atoms with Gasteiger partial charge in [0, 0.05) is 25.2 Å². The molecule has 0 aliphatic heterocycles. The van der Waals surface area contributed by atoms with Crippen LogP contribution in [0.2, 0.25) is 0 Å². The summed E-state index contributed by atoms with van der Waals surface area (Å²) >= 11 is 0. The Morgan fingerprint density at radius 2 is 2.00 bits per heavy atom. The van der Waals surface area contributed by atoms with Gasteiger partial charge in [0.1, 0.15) is 0 Å². The van der Waals surface area contributed by atoms with Crippen LogP contribution in [-0.4, -0.2) is 37.9 Å². The van der Waals surface area contributed by atoms with E-state index in [9.17, 15) is 8.42 Å². The predicted molar refractivity (Wildman–Crippen MR) is 60.6 cm³/mol. The molecule has 0 aromatic carbocycles. The summed E-state index contributed by atoms with van der Waals surface area (Å²) in [6.07, 6.45) is 2.74. The van der Waals surface area contributed by atoms with E-state index in [-0.39, 0.29) is 18.1 Å². The Balaban J connectivity index is 2.64. The number of hydrogen-bond acceptors (Lipinski definition) is 3. The van der Waals surface area contributed by atoms with Crippen LogP contribution in [0.1, 0.15) is 33.1 Å². The van der Waals surface area contributed by atoms with Crippen LogP contribution < -0.4 is 10.5 Å². The highest BCUT2D eigenvalue weighted by Gasteiger charge is 2.30. The molecule has 2 atom stereocenters. The Bertz CT molecular complexity index is 302. The van der Waals surface area contributed by atoms with Gasteiger partial charge in [0.15, 0.2) is 0 Å². The molecular formula is C9H21N3O2S. The predicted octanol–water partition coefficient (Wildman–Crippen LogP) is 0.0408. The fourth-order valence-corrected chi connectivity index (χ4v) is 3.08. The molecule has 1 rings (SSSR count). The van der Waals surface area contributed by atoms with Gasteiger partial charge >= 0.3 is 0 Å². The molecule has 1 fully saturated rings. The molecule has 2 unspecified atom stereocenters. The number of nitrogens with one attached hydrogen (secondary N) is 1. The maximum Gasteiger partial charge on any atom is 0.279 e. The Morgan fingerprint density at radius 1 is 1.40 bits per heavy atom. The molecule has 0 aromatic rings. The van der Waals surface area contributed by atoms with Crippen molar-refractivity contribution < 1.29 is 8.42 Å². The average molecular weight is 235 g/mol. The lowest BCUT2D eigenvalue weighted by Crippen LogP contribution is -2.50. The molecule has 90 valence electrons. The van der Waals surface area contributed by atoms with E-state index in [4.69, 9.17) is 5.73 Å². The number of hydrogen-bond donors (Lipinski definition) is 2. The molecule has 3 N–H and O–H groups in total. The fraction of sp³-hybridized carbons (Fsp3) is 1.00. The van der Waals surface area contributed by atoms with Crippen LogP contribution in [0.4, 0.5) is 0 Å². The van der Waals surface area contributed by atoms with Gasteiger partial charge in [0.2, 0.25) is 0 Å². The van der Waals surface area contributed by atoms with E-state index >= 15 is 0 Å². The van der Waals surface area contributed by atoms with E-state index in [0.29, 0.717) is 0 Å². The maximum atomic E-state index is 11.8. The maximum absolute atomic E-state index is 11.8. The summed E-state index contributed by atoms with van der Waals surface area (Å²) < 4.78 is 27.7. The van der Waals surface area contributed by atoms with Crippen LogP contribution in [-0.2, 0) is 10.2 Å². The Morgan fingerprint density at radius 3 is 2.40 bits per heavy atom. The fourth-order valence-electron chi connectivity index (χ4n) is 1.69. The Kier molecular flexibility index (Phi) is 4.11. The highest BCUT2D eigenvalue weighted by atomic mass is 32.2. The smallest absolute Gasteiger partial charge is 0.279 e. The van der Waals surface area contributed by atoms with E-state index in [2.05, 4.69) is 4.72 Å². The molecule has 6 heteroatoms. The van der Waals surface area contributed by atoms with Crippen molar-refractivity contribution in [2.75, 3.05) is 7.05 Å². The summed E-state index contributed by atoms with van der Waals surface area (Å²) in [7, 11) is -1.80. The third kappa shape index (κ3) is 3.14. The van der Waals surface area contributed by atoms with Gasteiger partial charge in [-0.2, -0.15) is 17.4 Å². The molecule has 1 aliphatic carbocycles. The van der Waals surface area contributed by atoms with Crippen molar-refractivity contribution in [1.29, 1.82) is 0 Å². The molecule has 0 amide bonds. The molecular weight excluding hydrogens is 214 g/mol.